The van der Waals surface area contributed by atoms with Gasteiger partial charge in [0.25, 0.3) is 0 Å². The van der Waals surface area contributed by atoms with Gasteiger partial charge in [-0.25, -0.2) is 9.78 Å². The molecular formula is C28H36N8O4S. The summed E-state index contributed by atoms with van der Waals surface area (Å²) in [7, 11) is 3.48. The standard InChI is InChI=1S/C28H36N8O4S/c1-34-8-9-35(25(37)16-34)15-19-11-18-5-4-7-36(26(18)33-27(19)39-2)28(38)32-24-12-21(20(13-29)14-30-24)31-22-17-40-10-6-23(22)41-3/h11-12,14,22-23H,4-10,15-17H2,1-3H3,(H2,30,31,32,38). The average molecular weight is 581 g/mol. The van der Waals surface area contributed by atoms with Crippen molar-refractivity contribution in [3.63, 3.8) is 0 Å². The summed E-state index contributed by atoms with van der Waals surface area (Å²) in [6.45, 7) is 4.01. The van der Waals surface area contributed by atoms with E-state index in [4.69, 9.17) is 14.5 Å². The maximum absolute atomic E-state index is 13.5. The van der Waals surface area contributed by atoms with Crippen LogP contribution in [0.1, 0.15) is 29.5 Å². The molecule has 0 aliphatic carbocycles. The van der Waals surface area contributed by atoms with E-state index in [2.05, 4.69) is 27.9 Å². The molecule has 2 aromatic heterocycles. The predicted octanol–water partition coefficient (Wildman–Crippen LogP) is 2.55. The first kappa shape index (κ1) is 28.9. The van der Waals surface area contributed by atoms with Gasteiger partial charge in [0, 0.05) is 49.3 Å². The highest BCUT2D eigenvalue weighted by atomic mass is 32.2. The number of aryl methyl sites for hydroxylation is 1. The van der Waals surface area contributed by atoms with Crippen molar-refractivity contribution in [3.8, 4) is 11.9 Å². The fourth-order valence-electron chi connectivity index (χ4n) is 5.46. The summed E-state index contributed by atoms with van der Waals surface area (Å²) >= 11 is 1.77. The largest absolute Gasteiger partial charge is 0.481 e. The molecule has 218 valence electrons. The van der Waals surface area contributed by atoms with E-state index in [1.54, 1.807) is 29.8 Å². The van der Waals surface area contributed by atoms with Gasteiger partial charge in [-0.1, -0.05) is 0 Å². The van der Waals surface area contributed by atoms with Crippen LogP contribution in [-0.4, -0.2) is 103 Å². The summed E-state index contributed by atoms with van der Waals surface area (Å²) in [4.78, 5) is 40.5. The third kappa shape index (κ3) is 6.50. The van der Waals surface area contributed by atoms with Crippen LogP contribution in [0.25, 0.3) is 0 Å². The normalized spacial score (nSPS) is 21.2. The fourth-order valence-corrected chi connectivity index (χ4v) is 6.27. The minimum atomic E-state index is -0.367. The number of likely N-dealkylation sites (N-methyl/N-ethyl adjacent to an activating group) is 1. The molecule has 2 atom stereocenters. The lowest BCUT2D eigenvalue weighted by Crippen LogP contribution is -2.48. The molecule has 41 heavy (non-hydrogen) atoms. The molecule has 0 aromatic carbocycles. The number of anilines is 3. The van der Waals surface area contributed by atoms with E-state index < -0.39 is 0 Å². The zero-order chi connectivity index (χ0) is 28.9. The molecule has 2 unspecified atom stereocenters. The van der Waals surface area contributed by atoms with E-state index in [-0.39, 0.29) is 18.0 Å². The number of pyridine rings is 2. The van der Waals surface area contributed by atoms with Crippen molar-refractivity contribution in [2.45, 2.75) is 37.1 Å². The summed E-state index contributed by atoms with van der Waals surface area (Å²) in [6.07, 6.45) is 6.00. The number of rotatable bonds is 7. The van der Waals surface area contributed by atoms with Crippen LogP contribution in [0.5, 0.6) is 5.88 Å². The Morgan fingerprint density at radius 3 is 2.93 bits per heavy atom. The Hall–Kier alpha value is -3.60. The number of methoxy groups -OCH3 is 1. The number of nitrogens with zero attached hydrogens (tertiary/aromatic N) is 6. The number of ether oxygens (including phenoxy) is 2. The lowest BCUT2D eigenvalue weighted by Gasteiger charge is -2.33. The highest BCUT2D eigenvalue weighted by Gasteiger charge is 2.29. The first-order valence-electron chi connectivity index (χ1n) is 13.8. The Morgan fingerprint density at radius 1 is 1.32 bits per heavy atom. The zero-order valence-corrected chi connectivity index (χ0v) is 24.5. The smallest absolute Gasteiger partial charge is 0.328 e. The van der Waals surface area contributed by atoms with Crippen LogP contribution in [0, 0.1) is 11.3 Å². The zero-order valence-electron chi connectivity index (χ0n) is 23.7. The molecule has 0 radical (unpaired) electrons. The predicted molar refractivity (Wildman–Crippen MR) is 157 cm³/mol. The number of hydrogen-bond donors (Lipinski definition) is 2. The number of thioether (sulfide) groups is 1. The van der Waals surface area contributed by atoms with Crippen LogP contribution in [0.3, 0.4) is 0 Å². The van der Waals surface area contributed by atoms with Crippen molar-refractivity contribution in [3.05, 3.63) is 35.0 Å². The quantitative estimate of drug-likeness (QED) is 0.503. The third-order valence-electron chi connectivity index (χ3n) is 7.71. The second-order valence-electron chi connectivity index (χ2n) is 10.5. The van der Waals surface area contributed by atoms with Crippen LogP contribution in [0.4, 0.5) is 22.1 Å². The number of carbonyl (C=O) groups excluding carboxylic acids is 2. The number of fused-ring (bicyclic) bond motifs is 1. The molecule has 0 bridgehead atoms. The molecule has 2 saturated heterocycles. The van der Waals surface area contributed by atoms with Gasteiger partial charge in [0.05, 0.1) is 44.1 Å². The molecule has 3 aliphatic rings. The Bertz CT molecular complexity index is 1330. The van der Waals surface area contributed by atoms with Gasteiger partial charge in [0.2, 0.25) is 11.8 Å². The summed E-state index contributed by atoms with van der Waals surface area (Å²) in [5.41, 5.74) is 2.76. The van der Waals surface area contributed by atoms with Crippen molar-refractivity contribution in [1.29, 1.82) is 5.26 Å². The maximum Gasteiger partial charge on any atom is 0.328 e. The van der Waals surface area contributed by atoms with Gasteiger partial charge in [-0.15, -0.1) is 0 Å². The number of hydrogen-bond acceptors (Lipinski definition) is 10. The lowest BCUT2D eigenvalue weighted by molar-refractivity contribution is -0.136. The van der Waals surface area contributed by atoms with Gasteiger partial charge in [0.15, 0.2) is 0 Å². The van der Waals surface area contributed by atoms with Gasteiger partial charge >= 0.3 is 6.03 Å². The van der Waals surface area contributed by atoms with Crippen LogP contribution < -0.4 is 20.3 Å². The number of piperazine rings is 1. The number of aromatic nitrogens is 2. The van der Waals surface area contributed by atoms with Gasteiger partial charge in [-0.05, 0) is 44.2 Å². The molecule has 5 rings (SSSR count). The molecule has 13 heteroatoms. The minimum Gasteiger partial charge on any atom is -0.481 e. The molecule has 2 N–H and O–H groups in total. The number of nitriles is 1. The van der Waals surface area contributed by atoms with Crippen LogP contribution >= 0.6 is 11.8 Å². The van der Waals surface area contributed by atoms with E-state index in [0.29, 0.717) is 66.8 Å². The van der Waals surface area contributed by atoms with Crippen molar-refractivity contribution in [2.75, 3.05) is 75.3 Å². The molecule has 12 nitrogen and oxygen atoms in total. The molecule has 3 amide bonds. The van der Waals surface area contributed by atoms with Crippen molar-refractivity contribution >= 4 is 41.0 Å². The highest BCUT2D eigenvalue weighted by Crippen LogP contribution is 2.32. The first-order valence-corrected chi connectivity index (χ1v) is 15.1. The van der Waals surface area contributed by atoms with E-state index >= 15 is 0 Å². The molecule has 2 fully saturated rings. The van der Waals surface area contributed by atoms with Gasteiger partial charge in [0.1, 0.15) is 17.7 Å². The van der Waals surface area contributed by atoms with E-state index in [9.17, 15) is 14.9 Å². The Balaban J connectivity index is 1.33. The van der Waals surface area contributed by atoms with Crippen LogP contribution in [-0.2, 0) is 22.5 Å². The van der Waals surface area contributed by atoms with Gasteiger partial charge in [-0.3, -0.25) is 19.9 Å². The Labute approximate surface area is 244 Å². The van der Waals surface area contributed by atoms with E-state index in [1.165, 1.54) is 6.20 Å². The summed E-state index contributed by atoms with van der Waals surface area (Å²) in [5, 5.41) is 16.3. The molecule has 0 spiro atoms. The van der Waals surface area contributed by atoms with E-state index in [0.717, 1.165) is 43.5 Å². The molecule has 2 aromatic rings. The highest BCUT2D eigenvalue weighted by molar-refractivity contribution is 7.99. The molecule has 5 heterocycles. The van der Waals surface area contributed by atoms with Gasteiger partial charge < -0.3 is 19.7 Å². The summed E-state index contributed by atoms with van der Waals surface area (Å²) in [6, 6.07) is 5.55. The number of nitrogens with one attached hydrogen (secondary N) is 2. The van der Waals surface area contributed by atoms with E-state index in [1.807, 2.05) is 22.9 Å². The topological polar surface area (TPSA) is 136 Å². The molecular weight excluding hydrogens is 544 g/mol. The summed E-state index contributed by atoms with van der Waals surface area (Å²) < 4.78 is 11.3. The molecule has 0 saturated carbocycles. The maximum atomic E-state index is 13.5. The van der Waals surface area contributed by atoms with Crippen molar-refractivity contribution < 1.29 is 19.1 Å². The van der Waals surface area contributed by atoms with Crippen molar-refractivity contribution in [2.24, 2.45) is 0 Å². The third-order valence-corrected chi connectivity index (χ3v) is 8.88. The Morgan fingerprint density at radius 2 is 2.17 bits per heavy atom. The lowest BCUT2D eigenvalue weighted by atomic mass is 10.0. The number of amides is 3. The SMILES string of the molecule is COc1nc2c(cc1CN1CCN(C)CC1=O)CCCN2C(=O)Nc1cc(NC2COCCC2SC)c(C#N)cn1. The minimum absolute atomic E-state index is 0.0396. The number of urea groups is 1. The van der Waals surface area contributed by atoms with Crippen LogP contribution in [0.15, 0.2) is 18.3 Å². The summed E-state index contributed by atoms with van der Waals surface area (Å²) in [5.74, 6) is 1.34. The monoisotopic (exact) mass is 580 g/mol. The second-order valence-corrected chi connectivity index (χ2v) is 11.6. The Kier molecular flexibility index (Phi) is 9.12. The second kappa shape index (κ2) is 12.9. The molecule has 3 aliphatic heterocycles. The first-order chi connectivity index (χ1) is 19.9. The average Bonchev–Trinajstić information content (AvgIpc) is 2.98. The van der Waals surface area contributed by atoms with Gasteiger partial charge in [-0.2, -0.15) is 22.0 Å². The number of carbonyl (C=O) groups is 2. The van der Waals surface area contributed by atoms with Crippen molar-refractivity contribution in [1.82, 2.24) is 19.8 Å². The van der Waals surface area contributed by atoms with Crippen LogP contribution in [0.2, 0.25) is 0 Å². The fraction of sp³-hybridized carbons (Fsp3) is 0.536.